The van der Waals surface area contributed by atoms with Crippen LogP contribution < -0.4 is 16.0 Å². The SMILES string of the molecule is CC[C@H](/C=C1\OC(=O)C2=C3c4cc(O)ccc4-c4cccc(c4)CNCCc4cccc(c4)C4(CCCC4)[C@@H]4CC[C@@]([C@@H]5CCN[C@H](NC)C5)(CC=C5OC(=O)C6=C5CC[C@H]5[C@H]3CC[C@@]21[C@@H]65)C4)Cc1ccccc1. The molecule has 8 heteroatoms. The van der Waals surface area contributed by atoms with Crippen LogP contribution in [0.2, 0.25) is 0 Å². The molecule has 4 N–H and O–H groups in total. The molecular formula is C66H75N3O5. The Kier molecular flexibility index (Phi) is 12.5. The molecule has 2 saturated heterocycles. The van der Waals surface area contributed by atoms with Crippen molar-refractivity contribution in [2.75, 3.05) is 20.1 Å². The number of fused-ring (bicyclic) bond motifs is 5. The van der Waals surface area contributed by atoms with E-state index in [0.717, 1.165) is 117 Å². The number of cyclic esters (lactones) is 1. The minimum atomic E-state index is -0.852. The molecular weight excluding hydrogens is 915 g/mol. The van der Waals surface area contributed by atoms with Crippen LogP contribution in [-0.2, 0) is 43.9 Å². The molecule has 5 fully saturated rings. The molecule has 2 spiro atoms. The first-order chi connectivity index (χ1) is 36.2. The second-order valence-corrected chi connectivity index (χ2v) is 24.2. The van der Waals surface area contributed by atoms with Gasteiger partial charge in [0, 0.05) is 23.6 Å². The number of phenols is 1. The number of esters is 2. The molecule has 0 unspecified atom stereocenters. The number of carbonyl (C=O) groups is 2. The standard InChI is InChI=1S/C66H75N3O5/c1-3-41(33-42-11-5-4-6-12-42)36-56-66-30-22-51-52-19-20-53-55(73-62(71)59(53)60(52)66)23-29-64(46-25-32-69-57(37-46)67-2)28-21-48(39-64)65(26-7-8-27-65)47-16-10-13-43(35-47)24-31-68-40-44-14-9-15-45(34-44)50-18-17-49(70)38-54(50)58(51)61(66)63(72)74-56/h4-6,9-18,23,34-36,38,41,46,48,51-52,57,60,67-70H,3,7-8,19-22,24-33,37,39-40H2,1-2H3/b55-23?,56-36-/t41-,46+,48+,51+,52-,57-,60+,64+,66+/m0/s1. The number of ether oxygens (including phenoxy) is 2. The van der Waals surface area contributed by atoms with Crippen LogP contribution in [0, 0.1) is 46.3 Å². The highest BCUT2D eigenvalue weighted by molar-refractivity contribution is 6.07. The molecule has 74 heavy (non-hydrogen) atoms. The first-order valence-corrected chi connectivity index (χ1v) is 28.7. The van der Waals surface area contributed by atoms with Crippen LogP contribution in [0.15, 0.2) is 137 Å². The highest BCUT2D eigenvalue weighted by atomic mass is 16.5. The van der Waals surface area contributed by atoms with Crippen molar-refractivity contribution in [1.29, 1.82) is 0 Å². The third kappa shape index (κ3) is 7.93. The van der Waals surface area contributed by atoms with Crippen LogP contribution in [0.3, 0.4) is 0 Å². The average Bonchev–Trinajstić information content (AvgIpc) is 4.28. The van der Waals surface area contributed by atoms with E-state index < -0.39 is 5.41 Å². The lowest BCUT2D eigenvalue weighted by molar-refractivity contribution is -0.135. The summed E-state index contributed by atoms with van der Waals surface area (Å²) in [5, 5.41) is 22.6. The van der Waals surface area contributed by atoms with Gasteiger partial charge >= 0.3 is 11.9 Å². The number of hydrogen-bond acceptors (Lipinski definition) is 8. The predicted octanol–water partition coefficient (Wildman–Crippen LogP) is 12.6. The minimum absolute atomic E-state index is 0.00987. The number of carbonyl (C=O) groups excluding carboxylic acids is 2. The van der Waals surface area contributed by atoms with Gasteiger partial charge in [-0.25, -0.2) is 9.59 Å². The lowest BCUT2D eigenvalue weighted by Crippen LogP contribution is -2.52. The Balaban J connectivity index is 0.985. The third-order valence-corrected chi connectivity index (χ3v) is 20.8. The van der Waals surface area contributed by atoms with E-state index in [1.165, 1.54) is 61.6 Å². The maximum atomic E-state index is 15.2. The monoisotopic (exact) mass is 990 g/mol. The van der Waals surface area contributed by atoms with Gasteiger partial charge < -0.3 is 30.5 Å². The van der Waals surface area contributed by atoms with E-state index in [1.807, 2.05) is 12.1 Å². The van der Waals surface area contributed by atoms with E-state index in [1.54, 1.807) is 11.6 Å². The van der Waals surface area contributed by atoms with Crippen molar-refractivity contribution in [2.45, 2.75) is 134 Å². The van der Waals surface area contributed by atoms with Gasteiger partial charge in [-0.2, -0.15) is 0 Å². The maximum absolute atomic E-state index is 15.2. The number of phenolic OH excluding ortho intramolecular Hbond substituents is 1. The molecule has 5 aliphatic heterocycles. The number of piperidine rings is 1. The van der Waals surface area contributed by atoms with Crippen LogP contribution in [0.4, 0.5) is 0 Å². The first kappa shape index (κ1) is 48.1. The van der Waals surface area contributed by atoms with Crippen LogP contribution in [0.25, 0.3) is 16.7 Å². The minimum Gasteiger partial charge on any atom is -0.508 e. The van der Waals surface area contributed by atoms with Crippen molar-refractivity contribution in [3.63, 3.8) is 0 Å². The normalized spacial score (nSPS) is 32.0. The Hall–Kier alpha value is -5.54. The van der Waals surface area contributed by atoms with Gasteiger partial charge in [0.25, 0.3) is 0 Å². The fraction of sp³-hybridized carbons (Fsp3) is 0.485. The van der Waals surface area contributed by atoms with Crippen molar-refractivity contribution in [2.24, 2.45) is 46.3 Å². The number of allylic oxidation sites excluding steroid dienone is 5. The number of rotatable bonds is 6. The van der Waals surface area contributed by atoms with E-state index >= 15 is 9.59 Å². The van der Waals surface area contributed by atoms with E-state index in [-0.39, 0.29) is 58.4 Å². The summed E-state index contributed by atoms with van der Waals surface area (Å²) >= 11 is 0. The van der Waals surface area contributed by atoms with Crippen molar-refractivity contribution in [1.82, 2.24) is 16.0 Å². The second-order valence-electron chi connectivity index (χ2n) is 24.2. The zero-order valence-electron chi connectivity index (χ0n) is 43.7. The van der Waals surface area contributed by atoms with Crippen LogP contribution in [-0.4, -0.2) is 43.3 Å². The first-order valence-electron chi connectivity index (χ1n) is 28.7. The predicted molar refractivity (Wildman–Crippen MR) is 291 cm³/mol. The molecule has 0 radical (unpaired) electrons. The van der Waals surface area contributed by atoms with Crippen molar-refractivity contribution >= 4 is 17.5 Å². The maximum Gasteiger partial charge on any atom is 0.340 e. The number of hydrogen-bond donors (Lipinski definition) is 4. The van der Waals surface area contributed by atoms with E-state index in [2.05, 4.69) is 121 Å². The summed E-state index contributed by atoms with van der Waals surface area (Å²) in [6.07, 6.45) is 22.7. The van der Waals surface area contributed by atoms with Gasteiger partial charge in [0.2, 0.25) is 0 Å². The Morgan fingerprint density at radius 1 is 0.797 bits per heavy atom. The fourth-order valence-corrected chi connectivity index (χ4v) is 17.3. The molecule has 0 amide bonds. The fourth-order valence-electron chi connectivity index (χ4n) is 17.3. The molecule has 0 aromatic heterocycles. The largest absolute Gasteiger partial charge is 0.508 e. The molecule has 14 bridgehead atoms. The van der Waals surface area contributed by atoms with E-state index in [0.29, 0.717) is 29.6 Å². The second kappa shape index (κ2) is 19.2. The van der Waals surface area contributed by atoms with Crippen LogP contribution >= 0.6 is 0 Å². The summed E-state index contributed by atoms with van der Waals surface area (Å²) in [5.41, 5.74) is 11.3. The summed E-state index contributed by atoms with van der Waals surface area (Å²) in [6, 6.07) is 34.8. The molecule has 5 heterocycles. The van der Waals surface area contributed by atoms with Crippen molar-refractivity contribution < 1.29 is 24.2 Å². The number of nitrogens with one attached hydrogen (secondary N) is 3. The zero-order valence-corrected chi connectivity index (χ0v) is 43.7. The van der Waals surface area contributed by atoms with Gasteiger partial charge in [-0.05, 0) is 232 Å². The van der Waals surface area contributed by atoms with Crippen LogP contribution in [0.5, 0.6) is 5.75 Å². The van der Waals surface area contributed by atoms with Gasteiger partial charge in [-0.15, -0.1) is 0 Å². The van der Waals surface area contributed by atoms with Crippen molar-refractivity contribution in [3.8, 4) is 16.9 Å². The molecule has 4 aromatic rings. The summed E-state index contributed by atoms with van der Waals surface area (Å²) in [7, 11) is 2.09. The Bertz CT molecular complexity index is 3000. The lowest BCUT2D eigenvalue weighted by atomic mass is 9.44. The molecule has 6 aliphatic carbocycles. The zero-order chi connectivity index (χ0) is 50.2. The summed E-state index contributed by atoms with van der Waals surface area (Å²) in [5.74, 6) is 2.18. The Labute approximate surface area is 438 Å². The molecule has 11 aliphatic rings. The molecule has 8 nitrogen and oxygen atoms in total. The summed E-state index contributed by atoms with van der Waals surface area (Å²) in [6.45, 7) is 4.83. The van der Waals surface area contributed by atoms with Crippen LogP contribution in [0.1, 0.15) is 131 Å². The molecule has 9 atom stereocenters. The summed E-state index contributed by atoms with van der Waals surface area (Å²) in [4.78, 5) is 30.4. The number of benzene rings is 4. The van der Waals surface area contributed by atoms with Gasteiger partial charge in [0.1, 0.15) is 17.3 Å². The van der Waals surface area contributed by atoms with E-state index in [4.69, 9.17) is 9.47 Å². The average molecular weight is 990 g/mol. The topological polar surface area (TPSA) is 109 Å². The van der Waals surface area contributed by atoms with Gasteiger partial charge in [-0.1, -0.05) is 98.6 Å². The molecule has 15 rings (SSSR count). The van der Waals surface area contributed by atoms with Gasteiger partial charge in [-0.3, -0.25) is 0 Å². The smallest absolute Gasteiger partial charge is 0.340 e. The summed E-state index contributed by atoms with van der Waals surface area (Å²) < 4.78 is 13.4. The Morgan fingerprint density at radius 2 is 1.65 bits per heavy atom. The number of aromatic hydroxyl groups is 1. The molecule has 4 aromatic carbocycles. The Morgan fingerprint density at radius 3 is 2.50 bits per heavy atom. The van der Waals surface area contributed by atoms with Crippen molar-refractivity contribution in [3.05, 3.63) is 165 Å². The van der Waals surface area contributed by atoms with E-state index in [9.17, 15) is 5.11 Å². The van der Waals surface area contributed by atoms with Gasteiger partial charge in [0.05, 0.1) is 17.2 Å². The quantitative estimate of drug-likeness (QED) is 0.142. The third-order valence-electron chi connectivity index (χ3n) is 20.8. The highest BCUT2D eigenvalue weighted by Gasteiger charge is 2.69. The molecule has 3 saturated carbocycles. The molecule has 384 valence electrons. The lowest BCUT2D eigenvalue weighted by Gasteiger charge is -2.56. The van der Waals surface area contributed by atoms with Gasteiger partial charge in [0.15, 0.2) is 0 Å². The highest BCUT2D eigenvalue weighted by Crippen LogP contribution is 2.72.